The van der Waals surface area contributed by atoms with Crippen LogP contribution in [0.2, 0.25) is 0 Å². The number of rotatable bonds is 12. The predicted molar refractivity (Wildman–Crippen MR) is 151 cm³/mol. The van der Waals surface area contributed by atoms with Crippen LogP contribution in [0.5, 0.6) is 5.75 Å². The van der Waals surface area contributed by atoms with E-state index >= 15 is 0 Å². The Morgan fingerprint density at radius 3 is 2.68 bits per heavy atom. The van der Waals surface area contributed by atoms with Gasteiger partial charge in [-0.2, -0.15) is 5.09 Å². The quantitative estimate of drug-likeness (QED) is 0.220. The smallest absolute Gasteiger partial charge is 0.459 e. The lowest BCUT2D eigenvalue weighted by Crippen LogP contribution is -2.36. The third-order valence-corrected chi connectivity index (χ3v) is 9.50. The van der Waals surface area contributed by atoms with Gasteiger partial charge in [0, 0.05) is 18.4 Å². The average Bonchev–Trinajstić information content (AvgIpc) is 3.74. The molecule has 0 amide bonds. The summed E-state index contributed by atoms with van der Waals surface area (Å²) in [7, 11) is -4.00. The van der Waals surface area contributed by atoms with E-state index in [0.29, 0.717) is 29.2 Å². The Bertz CT molecular complexity index is 1460. The number of esters is 1. The van der Waals surface area contributed by atoms with E-state index in [1.807, 2.05) is 10.6 Å². The summed E-state index contributed by atoms with van der Waals surface area (Å²) < 4.78 is 40.2. The predicted octanol–water partition coefficient (Wildman–Crippen LogP) is 4.99. The van der Waals surface area contributed by atoms with Crippen molar-refractivity contribution in [3.05, 3.63) is 43.0 Å². The summed E-state index contributed by atoms with van der Waals surface area (Å²) in [6.07, 6.45) is 6.54. The van der Waals surface area contributed by atoms with Gasteiger partial charge in [-0.25, -0.2) is 19.5 Å². The Hall–Kier alpha value is -3.05. The molecule has 12 nitrogen and oxygen atoms in total. The lowest BCUT2D eigenvalue weighted by atomic mass is 9.99. The highest BCUT2D eigenvalue weighted by Crippen LogP contribution is 2.72. The first-order chi connectivity index (χ1) is 19.7. The molecule has 2 aliphatic carbocycles. The Kier molecular flexibility index (Phi) is 7.30. The van der Waals surface area contributed by atoms with Crippen LogP contribution in [0.4, 0.5) is 5.82 Å². The maximum absolute atomic E-state index is 14.1. The van der Waals surface area contributed by atoms with Crippen LogP contribution in [0.1, 0.15) is 66.0 Å². The molecule has 3 aromatic rings. The standard InChI is InChI=1S/C28H37N6O6P/c1-5-13-29-23-22-24(31-16-30-23)34(17-32-22)26-27(11-12-27)15-28(38-26)14-21(28)40-41(36,39-20-9-7-6-8-10-20)33-19(4)25(35)37-18(2)3/h6-10,16-19,21,26H,5,11-15H2,1-4H3,(H,33,36)(H,29,30,31)/t19-,21-,26?,28-,41+/m0/s1. The van der Waals surface area contributed by atoms with Crippen LogP contribution in [0.25, 0.3) is 11.2 Å². The summed E-state index contributed by atoms with van der Waals surface area (Å²) in [4.78, 5) is 26.0. The molecule has 2 aromatic heterocycles. The number of para-hydroxylation sites is 1. The minimum Gasteiger partial charge on any atom is -0.462 e. The molecule has 13 heteroatoms. The highest BCUT2D eigenvalue weighted by molar-refractivity contribution is 7.52. The van der Waals surface area contributed by atoms with Crippen molar-refractivity contribution in [2.45, 2.75) is 89.9 Å². The molecule has 5 atom stereocenters. The minimum atomic E-state index is -4.00. The number of imidazole rings is 1. The van der Waals surface area contributed by atoms with Crippen LogP contribution in [-0.2, 0) is 23.4 Å². The van der Waals surface area contributed by atoms with Crippen molar-refractivity contribution in [3.63, 3.8) is 0 Å². The lowest BCUT2D eigenvalue weighted by molar-refractivity contribution is -0.149. The summed E-state index contributed by atoms with van der Waals surface area (Å²) in [5.41, 5.74) is 0.729. The third-order valence-electron chi connectivity index (χ3n) is 7.82. The van der Waals surface area contributed by atoms with Gasteiger partial charge >= 0.3 is 13.7 Å². The number of carbonyl (C=O) groups is 1. The molecular weight excluding hydrogens is 547 g/mol. The fourth-order valence-electron chi connectivity index (χ4n) is 5.59. The van der Waals surface area contributed by atoms with Gasteiger partial charge < -0.3 is 19.3 Å². The normalized spacial score (nSPS) is 26.3. The van der Waals surface area contributed by atoms with Gasteiger partial charge in [0.1, 0.15) is 36.1 Å². The zero-order valence-corrected chi connectivity index (χ0v) is 24.7. The molecule has 3 heterocycles. The molecule has 0 radical (unpaired) electrons. The number of hydrogen-bond donors (Lipinski definition) is 2. The van der Waals surface area contributed by atoms with E-state index in [4.69, 9.17) is 18.5 Å². The molecule has 0 bridgehead atoms. The van der Waals surface area contributed by atoms with Crippen molar-refractivity contribution < 1.29 is 27.9 Å². The summed E-state index contributed by atoms with van der Waals surface area (Å²) in [5, 5.41) is 6.11. The maximum Gasteiger partial charge on any atom is 0.459 e. The second-order valence-electron chi connectivity index (χ2n) is 11.6. The molecule has 1 saturated heterocycles. The highest BCUT2D eigenvalue weighted by atomic mass is 31.2. The summed E-state index contributed by atoms with van der Waals surface area (Å²) in [5.74, 6) is 0.529. The van der Waals surface area contributed by atoms with E-state index < -0.39 is 31.5 Å². The second-order valence-corrected chi connectivity index (χ2v) is 13.2. The van der Waals surface area contributed by atoms with Gasteiger partial charge in [-0.3, -0.25) is 13.9 Å². The van der Waals surface area contributed by atoms with Gasteiger partial charge in [0.15, 0.2) is 17.0 Å². The van der Waals surface area contributed by atoms with E-state index in [9.17, 15) is 9.36 Å². The fourth-order valence-corrected chi connectivity index (χ4v) is 7.33. The lowest BCUT2D eigenvalue weighted by Gasteiger charge is -2.24. The maximum atomic E-state index is 14.1. The van der Waals surface area contributed by atoms with Gasteiger partial charge in [-0.15, -0.1) is 0 Å². The molecule has 2 N–H and O–H groups in total. The van der Waals surface area contributed by atoms with Crippen molar-refractivity contribution in [1.82, 2.24) is 24.6 Å². The SMILES string of the molecule is CCCNc1ncnc2c1ncn2C1O[C@@]2(C[C@@H]2O[P@@](=O)(N[C@@H](C)C(=O)OC(C)C)Oc2ccccc2)CC12CC2. The number of carbonyl (C=O) groups excluding carboxylic acids is 1. The summed E-state index contributed by atoms with van der Waals surface area (Å²) in [6.45, 7) is 7.98. The van der Waals surface area contributed by atoms with Crippen molar-refractivity contribution in [3.8, 4) is 5.75 Å². The van der Waals surface area contributed by atoms with Gasteiger partial charge in [0.05, 0.1) is 12.4 Å². The third kappa shape index (κ3) is 5.58. The van der Waals surface area contributed by atoms with Gasteiger partial charge in [0.25, 0.3) is 0 Å². The van der Waals surface area contributed by atoms with Crippen molar-refractivity contribution >= 4 is 30.7 Å². The van der Waals surface area contributed by atoms with Gasteiger partial charge in [-0.1, -0.05) is 25.1 Å². The fraction of sp³-hybridized carbons (Fsp3) is 0.571. The number of hydrogen-bond acceptors (Lipinski definition) is 10. The van der Waals surface area contributed by atoms with Crippen LogP contribution in [0.15, 0.2) is 43.0 Å². The topological polar surface area (TPSA) is 139 Å². The monoisotopic (exact) mass is 584 g/mol. The zero-order chi connectivity index (χ0) is 28.8. The number of anilines is 1. The largest absolute Gasteiger partial charge is 0.462 e. The van der Waals surface area contributed by atoms with Crippen LogP contribution in [0.3, 0.4) is 0 Å². The zero-order valence-electron chi connectivity index (χ0n) is 23.8. The molecule has 1 aliphatic heterocycles. The van der Waals surface area contributed by atoms with E-state index in [2.05, 4.69) is 32.3 Å². The Labute approximate surface area is 239 Å². The number of ether oxygens (including phenoxy) is 2. The van der Waals surface area contributed by atoms with Crippen LogP contribution in [-0.4, -0.2) is 55.9 Å². The molecule has 3 fully saturated rings. The number of nitrogens with one attached hydrogen (secondary N) is 2. The van der Waals surface area contributed by atoms with Crippen LogP contribution < -0.4 is 14.9 Å². The average molecular weight is 585 g/mol. The molecule has 1 aromatic carbocycles. The highest BCUT2D eigenvalue weighted by Gasteiger charge is 2.73. The molecule has 3 aliphatic rings. The molecule has 220 valence electrons. The Morgan fingerprint density at radius 2 is 1.98 bits per heavy atom. The minimum absolute atomic E-state index is 0.0697. The first kappa shape index (κ1) is 28.1. The van der Waals surface area contributed by atoms with Gasteiger partial charge in [-0.05, 0) is 58.6 Å². The van der Waals surface area contributed by atoms with E-state index in [-0.39, 0.29) is 17.7 Å². The van der Waals surface area contributed by atoms with Crippen molar-refractivity contribution in [1.29, 1.82) is 0 Å². The van der Waals surface area contributed by atoms with Crippen molar-refractivity contribution in [2.24, 2.45) is 5.41 Å². The molecule has 41 heavy (non-hydrogen) atoms. The van der Waals surface area contributed by atoms with E-state index in [1.54, 1.807) is 57.7 Å². The molecule has 6 rings (SSSR count). The van der Waals surface area contributed by atoms with Gasteiger partial charge in [0.2, 0.25) is 0 Å². The summed E-state index contributed by atoms with van der Waals surface area (Å²) in [6, 6.07) is 7.85. The Morgan fingerprint density at radius 1 is 1.20 bits per heavy atom. The number of benzene rings is 1. The van der Waals surface area contributed by atoms with E-state index in [1.165, 1.54) is 0 Å². The first-order valence-electron chi connectivity index (χ1n) is 14.3. The van der Waals surface area contributed by atoms with E-state index in [0.717, 1.165) is 32.2 Å². The van der Waals surface area contributed by atoms with Crippen molar-refractivity contribution in [2.75, 3.05) is 11.9 Å². The first-order valence-corrected chi connectivity index (χ1v) is 15.8. The van der Waals surface area contributed by atoms with Crippen LogP contribution in [0, 0.1) is 5.41 Å². The molecule has 1 unspecified atom stereocenters. The molecule has 2 saturated carbocycles. The number of nitrogens with zero attached hydrogens (tertiary/aromatic N) is 4. The second kappa shape index (κ2) is 10.7. The Balaban J connectivity index is 1.21. The number of aromatic nitrogens is 4. The molecule has 2 spiro atoms. The number of fused-ring (bicyclic) bond motifs is 1. The summed E-state index contributed by atoms with van der Waals surface area (Å²) >= 11 is 0. The molecular formula is C28H37N6O6P. The van der Waals surface area contributed by atoms with Crippen LogP contribution >= 0.6 is 7.75 Å².